The maximum absolute atomic E-state index is 11.9. The number of hydrogen-bond acceptors (Lipinski definition) is 6. The minimum atomic E-state index is -3.26. The Bertz CT molecular complexity index is 701. The number of aromatic nitrogens is 1. The second-order valence-corrected chi connectivity index (χ2v) is 8.63. The molecular weight excluding hydrogens is 314 g/mol. The maximum atomic E-state index is 11.9. The van der Waals surface area contributed by atoms with Crippen molar-refractivity contribution in [2.45, 2.75) is 19.4 Å². The third kappa shape index (κ3) is 3.38. The molecule has 0 radical (unpaired) electrons. The molecule has 5 nitrogen and oxygen atoms in total. The molecule has 0 atom stereocenters. The van der Waals surface area contributed by atoms with Gasteiger partial charge >= 0.3 is 0 Å². The average molecular weight is 329 g/mol. The van der Waals surface area contributed by atoms with Crippen molar-refractivity contribution in [3.8, 4) is 10.6 Å². The number of thiazole rings is 1. The number of sulfonamides is 1. The summed E-state index contributed by atoms with van der Waals surface area (Å²) in [5.41, 5.74) is 6.38. The Morgan fingerprint density at radius 2 is 2.20 bits per heavy atom. The summed E-state index contributed by atoms with van der Waals surface area (Å²) >= 11 is 2.89. The molecule has 3 N–H and O–H groups in total. The molecule has 0 amide bonds. The number of thiophene rings is 1. The van der Waals surface area contributed by atoms with Crippen molar-refractivity contribution in [2.24, 2.45) is 11.7 Å². The number of nitrogens with two attached hydrogens (primary N) is 1. The largest absolute Gasteiger partial charge is 0.326 e. The quantitative estimate of drug-likeness (QED) is 0.852. The predicted octanol–water partition coefficient (Wildman–Crippen LogP) is 2.48. The van der Waals surface area contributed by atoms with E-state index < -0.39 is 10.0 Å². The summed E-state index contributed by atoms with van der Waals surface area (Å²) in [6.45, 7) is 0.510. The molecule has 20 heavy (non-hydrogen) atoms. The van der Waals surface area contributed by atoms with Gasteiger partial charge in [-0.25, -0.2) is 13.4 Å². The standard InChI is InChI=1S/C12H15N3O2S3/c13-5-9-3-4-11(19-9)10-6-18-12(14-10)15-20(16,17)7-8-1-2-8/h3-4,6,8H,1-2,5,7,13H2,(H,14,15). The summed E-state index contributed by atoms with van der Waals surface area (Å²) in [4.78, 5) is 6.43. The van der Waals surface area contributed by atoms with Crippen LogP contribution in [0.3, 0.4) is 0 Å². The van der Waals surface area contributed by atoms with E-state index in [-0.39, 0.29) is 5.75 Å². The fourth-order valence-corrected chi connectivity index (χ4v) is 5.23. The Morgan fingerprint density at radius 1 is 1.40 bits per heavy atom. The highest BCUT2D eigenvalue weighted by molar-refractivity contribution is 7.92. The van der Waals surface area contributed by atoms with Gasteiger partial charge in [0.1, 0.15) is 0 Å². The van der Waals surface area contributed by atoms with Crippen molar-refractivity contribution in [3.63, 3.8) is 0 Å². The van der Waals surface area contributed by atoms with E-state index in [0.717, 1.165) is 28.3 Å². The van der Waals surface area contributed by atoms with Crippen LogP contribution in [-0.4, -0.2) is 19.2 Å². The van der Waals surface area contributed by atoms with E-state index in [1.54, 1.807) is 11.3 Å². The van der Waals surface area contributed by atoms with Crippen LogP contribution in [0.1, 0.15) is 17.7 Å². The van der Waals surface area contributed by atoms with Gasteiger partial charge in [-0.05, 0) is 30.9 Å². The second kappa shape index (κ2) is 5.44. The molecule has 108 valence electrons. The van der Waals surface area contributed by atoms with Gasteiger partial charge in [0.05, 0.1) is 16.3 Å². The highest BCUT2D eigenvalue weighted by atomic mass is 32.2. The first-order valence-electron chi connectivity index (χ1n) is 6.31. The van der Waals surface area contributed by atoms with Crippen molar-refractivity contribution in [1.29, 1.82) is 0 Å². The molecule has 8 heteroatoms. The Balaban J connectivity index is 1.72. The van der Waals surface area contributed by atoms with E-state index in [9.17, 15) is 8.42 Å². The number of nitrogens with zero attached hydrogens (tertiary/aromatic N) is 1. The minimum Gasteiger partial charge on any atom is -0.326 e. The lowest BCUT2D eigenvalue weighted by atomic mass is 10.4. The van der Waals surface area contributed by atoms with Crippen LogP contribution in [0.25, 0.3) is 10.6 Å². The fraction of sp³-hybridized carbons (Fsp3) is 0.417. The van der Waals surface area contributed by atoms with E-state index in [1.165, 1.54) is 11.3 Å². The van der Waals surface area contributed by atoms with Crippen LogP contribution in [-0.2, 0) is 16.6 Å². The summed E-state index contributed by atoms with van der Waals surface area (Å²) in [6, 6.07) is 3.93. The summed E-state index contributed by atoms with van der Waals surface area (Å²) in [6.07, 6.45) is 2.03. The molecule has 2 aromatic rings. The van der Waals surface area contributed by atoms with Crippen molar-refractivity contribution in [2.75, 3.05) is 10.5 Å². The van der Waals surface area contributed by atoms with Gasteiger partial charge in [-0.3, -0.25) is 4.72 Å². The van der Waals surface area contributed by atoms with Crippen LogP contribution >= 0.6 is 22.7 Å². The van der Waals surface area contributed by atoms with E-state index in [1.807, 2.05) is 17.5 Å². The summed E-state index contributed by atoms with van der Waals surface area (Å²) in [5.74, 6) is 0.537. The molecule has 0 spiro atoms. The third-order valence-corrected chi connectivity index (χ3v) is 6.45. The van der Waals surface area contributed by atoms with E-state index in [0.29, 0.717) is 17.6 Å². The van der Waals surface area contributed by atoms with E-state index >= 15 is 0 Å². The molecule has 1 aliphatic carbocycles. The molecule has 0 bridgehead atoms. The zero-order chi connectivity index (χ0) is 14.2. The maximum Gasteiger partial charge on any atom is 0.234 e. The molecule has 0 saturated heterocycles. The molecular formula is C12H15N3O2S3. The van der Waals surface area contributed by atoms with Crippen molar-refractivity contribution in [1.82, 2.24) is 4.98 Å². The van der Waals surface area contributed by atoms with Gasteiger partial charge in [0.25, 0.3) is 0 Å². The van der Waals surface area contributed by atoms with Gasteiger partial charge in [0, 0.05) is 16.8 Å². The number of hydrogen-bond donors (Lipinski definition) is 2. The van der Waals surface area contributed by atoms with Gasteiger partial charge in [0.2, 0.25) is 10.0 Å². The molecule has 1 aliphatic rings. The van der Waals surface area contributed by atoms with Crippen LogP contribution in [0, 0.1) is 5.92 Å². The van der Waals surface area contributed by atoms with Gasteiger partial charge in [-0.2, -0.15) is 0 Å². The SMILES string of the molecule is NCc1ccc(-c2csc(NS(=O)(=O)CC3CC3)n2)s1. The fourth-order valence-electron chi connectivity index (χ4n) is 1.83. The van der Waals surface area contributed by atoms with E-state index in [2.05, 4.69) is 9.71 Å². The highest BCUT2D eigenvalue weighted by Crippen LogP contribution is 2.33. The molecule has 1 fully saturated rings. The molecule has 0 aliphatic heterocycles. The second-order valence-electron chi connectivity index (χ2n) is 4.83. The number of nitrogens with one attached hydrogen (secondary N) is 1. The van der Waals surface area contributed by atoms with Crippen LogP contribution in [0.4, 0.5) is 5.13 Å². The number of rotatable bonds is 6. The zero-order valence-electron chi connectivity index (χ0n) is 10.7. The topological polar surface area (TPSA) is 85.1 Å². The zero-order valence-corrected chi connectivity index (χ0v) is 13.2. The Kier molecular flexibility index (Phi) is 3.80. The van der Waals surface area contributed by atoms with Crippen molar-refractivity contribution >= 4 is 37.8 Å². The van der Waals surface area contributed by atoms with Crippen LogP contribution < -0.4 is 10.5 Å². The van der Waals surface area contributed by atoms with Crippen LogP contribution in [0.15, 0.2) is 17.5 Å². The molecule has 3 rings (SSSR count). The van der Waals surface area contributed by atoms with Crippen LogP contribution in [0.2, 0.25) is 0 Å². The molecule has 1 saturated carbocycles. The lowest BCUT2D eigenvalue weighted by Crippen LogP contribution is -2.17. The lowest BCUT2D eigenvalue weighted by molar-refractivity contribution is 0.597. The summed E-state index contributed by atoms with van der Waals surface area (Å²) < 4.78 is 26.3. The first kappa shape index (κ1) is 14.0. The monoisotopic (exact) mass is 329 g/mol. The molecule has 2 aromatic heterocycles. The Morgan fingerprint density at radius 3 is 2.85 bits per heavy atom. The smallest absolute Gasteiger partial charge is 0.234 e. The summed E-state index contributed by atoms with van der Waals surface area (Å²) in [7, 11) is -3.26. The van der Waals surface area contributed by atoms with Gasteiger partial charge in [-0.1, -0.05) is 0 Å². The Labute approximate surface area is 125 Å². The third-order valence-electron chi connectivity index (χ3n) is 3.01. The van der Waals surface area contributed by atoms with Crippen LogP contribution in [0.5, 0.6) is 0 Å². The van der Waals surface area contributed by atoms with Crippen molar-refractivity contribution in [3.05, 3.63) is 22.4 Å². The Hall–Kier alpha value is -0.960. The van der Waals surface area contributed by atoms with Gasteiger partial charge in [0.15, 0.2) is 5.13 Å². The normalized spacial score (nSPS) is 15.4. The predicted molar refractivity (Wildman–Crippen MR) is 83.5 cm³/mol. The lowest BCUT2D eigenvalue weighted by Gasteiger charge is -2.02. The average Bonchev–Trinajstić information content (AvgIpc) is 2.92. The molecule has 2 heterocycles. The molecule has 0 aromatic carbocycles. The first-order chi connectivity index (χ1) is 9.55. The first-order valence-corrected chi connectivity index (χ1v) is 9.66. The van der Waals surface area contributed by atoms with Gasteiger partial charge in [-0.15, -0.1) is 22.7 Å². The van der Waals surface area contributed by atoms with E-state index in [4.69, 9.17) is 5.73 Å². The summed E-state index contributed by atoms with van der Waals surface area (Å²) in [5, 5.41) is 2.30. The molecule has 0 unspecified atom stereocenters. The van der Waals surface area contributed by atoms with Gasteiger partial charge < -0.3 is 5.73 Å². The minimum absolute atomic E-state index is 0.207. The number of anilines is 1. The highest BCUT2D eigenvalue weighted by Gasteiger charge is 2.28. The van der Waals surface area contributed by atoms with Crippen molar-refractivity contribution < 1.29 is 8.42 Å².